The van der Waals surface area contributed by atoms with Gasteiger partial charge in [0.1, 0.15) is 0 Å². The van der Waals surface area contributed by atoms with Crippen LogP contribution in [0, 0.1) is 5.41 Å². The van der Waals surface area contributed by atoms with E-state index in [9.17, 15) is 0 Å². The summed E-state index contributed by atoms with van der Waals surface area (Å²) < 4.78 is 5.32. The molecule has 1 N–H and O–H groups in total. The lowest BCUT2D eigenvalue weighted by Gasteiger charge is -2.52. The van der Waals surface area contributed by atoms with Crippen molar-refractivity contribution in [3.8, 4) is 5.88 Å². The van der Waals surface area contributed by atoms with Crippen LogP contribution in [0.2, 0.25) is 0 Å². The third kappa shape index (κ3) is 2.48. The van der Waals surface area contributed by atoms with Gasteiger partial charge in [-0.15, -0.1) is 0 Å². The second-order valence-corrected chi connectivity index (χ2v) is 6.07. The summed E-state index contributed by atoms with van der Waals surface area (Å²) in [6.45, 7) is 0.878. The predicted molar refractivity (Wildman–Crippen MR) is 76.2 cm³/mol. The minimum Gasteiger partial charge on any atom is -0.481 e. The molecule has 3 heteroatoms. The smallest absolute Gasteiger partial charge is 0.217 e. The molecular weight excluding hydrogens is 236 g/mol. The van der Waals surface area contributed by atoms with E-state index in [-0.39, 0.29) is 0 Å². The van der Waals surface area contributed by atoms with Crippen LogP contribution in [-0.4, -0.2) is 18.1 Å². The van der Waals surface area contributed by atoms with Crippen molar-refractivity contribution >= 4 is 0 Å². The maximum absolute atomic E-state index is 5.32. The zero-order valence-corrected chi connectivity index (χ0v) is 11.8. The number of rotatable bonds is 4. The molecule has 2 fully saturated rings. The van der Waals surface area contributed by atoms with Gasteiger partial charge in [0.25, 0.3) is 0 Å². The monoisotopic (exact) mass is 260 g/mol. The molecule has 0 aliphatic heterocycles. The highest BCUT2D eigenvalue weighted by atomic mass is 16.5. The van der Waals surface area contributed by atoms with Crippen LogP contribution in [0.1, 0.15) is 50.5 Å². The molecule has 0 bridgehead atoms. The number of ether oxygens (including phenoxy) is 1. The number of nitrogens with one attached hydrogen (secondary N) is 1. The number of aromatic nitrogens is 1. The lowest BCUT2D eigenvalue weighted by molar-refractivity contribution is 0.0220. The number of hydrogen-bond acceptors (Lipinski definition) is 3. The maximum atomic E-state index is 5.32. The lowest BCUT2D eigenvalue weighted by atomic mass is 9.57. The average molecular weight is 260 g/mol. The van der Waals surface area contributed by atoms with Crippen LogP contribution >= 0.6 is 0 Å². The van der Waals surface area contributed by atoms with Crippen LogP contribution in [0.5, 0.6) is 5.88 Å². The molecule has 0 radical (unpaired) electrons. The molecule has 3 nitrogen and oxygen atoms in total. The lowest BCUT2D eigenvalue weighted by Crippen LogP contribution is -2.54. The Morgan fingerprint density at radius 2 is 2.16 bits per heavy atom. The standard InChI is InChI=1S/C16H24N2O/c1-19-15-13(6-5-11-17-15)12-18-14-7-10-16(14)8-3-2-4-9-16/h5-6,11,14,18H,2-4,7-10,12H2,1H3. The predicted octanol–water partition coefficient (Wildman–Crippen LogP) is 3.29. The van der Waals surface area contributed by atoms with E-state index in [0.717, 1.165) is 12.4 Å². The zero-order chi connectivity index (χ0) is 13.1. The van der Waals surface area contributed by atoms with Crippen molar-refractivity contribution in [1.29, 1.82) is 0 Å². The van der Waals surface area contributed by atoms with Crippen LogP contribution in [0.25, 0.3) is 0 Å². The summed E-state index contributed by atoms with van der Waals surface area (Å²) >= 11 is 0. The van der Waals surface area contributed by atoms with Gasteiger partial charge in [-0.05, 0) is 37.2 Å². The van der Waals surface area contributed by atoms with Crippen LogP contribution < -0.4 is 10.1 Å². The molecule has 1 unspecified atom stereocenters. The van der Waals surface area contributed by atoms with Crippen molar-refractivity contribution in [3.63, 3.8) is 0 Å². The van der Waals surface area contributed by atoms with Crippen LogP contribution in [0.4, 0.5) is 0 Å². The van der Waals surface area contributed by atoms with Crippen molar-refractivity contribution in [2.24, 2.45) is 5.41 Å². The average Bonchev–Trinajstić information content (AvgIpc) is 2.47. The van der Waals surface area contributed by atoms with Crippen molar-refractivity contribution in [3.05, 3.63) is 23.9 Å². The molecule has 19 heavy (non-hydrogen) atoms. The van der Waals surface area contributed by atoms with Crippen LogP contribution in [-0.2, 0) is 6.54 Å². The van der Waals surface area contributed by atoms with E-state index in [1.54, 1.807) is 13.3 Å². The fourth-order valence-corrected chi connectivity index (χ4v) is 3.85. The zero-order valence-electron chi connectivity index (χ0n) is 11.8. The fourth-order valence-electron chi connectivity index (χ4n) is 3.85. The molecule has 1 spiro atoms. The van der Waals surface area contributed by atoms with E-state index in [4.69, 9.17) is 4.74 Å². The third-order valence-electron chi connectivity index (χ3n) is 5.10. The highest BCUT2D eigenvalue weighted by Gasteiger charge is 2.46. The van der Waals surface area contributed by atoms with Gasteiger partial charge in [0.15, 0.2) is 0 Å². The maximum Gasteiger partial charge on any atom is 0.217 e. The summed E-state index contributed by atoms with van der Waals surface area (Å²) in [5.41, 5.74) is 1.79. The van der Waals surface area contributed by atoms with Gasteiger partial charge in [-0.3, -0.25) is 0 Å². The highest BCUT2D eigenvalue weighted by molar-refractivity contribution is 5.25. The first-order valence-electron chi connectivity index (χ1n) is 7.55. The first kappa shape index (κ1) is 12.9. The number of methoxy groups -OCH3 is 1. The van der Waals surface area contributed by atoms with Crippen LogP contribution in [0.3, 0.4) is 0 Å². The third-order valence-corrected chi connectivity index (χ3v) is 5.10. The molecule has 0 aromatic carbocycles. The molecule has 1 atom stereocenters. The molecule has 1 aromatic heterocycles. The Balaban J connectivity index is 1.60. The summed E-state index contributed by atoms with van der Waals surface area (Å²) in [5, 5.41) is 3.75. The van der Waals surface area contributed by atoms with Crippen molar-refractivity contribution in [2.45, 2.75) is 57.5 Å². The van der Waals surface area contributed by atoms with Crippen molar-refractivity contribution in [1.82, 2.24) is 10.3 Å². The Labute approximate surface area is 115 Å². The fraction of sp³-hybridized carbons (Fsp3) is 0.688. The molecule has 2 saturated carbocycles. The number of pyridine rings is 1. The van der Waals surface area contributed by atoms with E-state index < -0.39 is 0 Å². The van der Waals surface area contributed by atoms with E-state index in [1.807, 2.05) is 6.07 Å². The highest BCUT2D eigenvalue weighted by Crippen LogP contribution is 2.51. The van der Waals surface area contributed by atoms with E-state index >= 15 is 0 Å². The van der Waals surface area contributed by atoms with Crippen molar-refractivity contribution in [2.75, 3.05) is 7.11 Å². The van der Waals surface area contributed by atoms with Gasteiger partial charge in [0.05, 0.1) is 7.11 Å². The van der Waals surface area contributed by atoms with E-state index in [2.05, 4.69) is 16.4 Å². The number of hydrogen-bond donors (Lipinski definition) is 1. The molecule has 2 aliphatic carbocycles. The second-order valence-electron chi connectivity index (χ2n) is 6.07. The molecule has 0 amide bonds. The van der Waals surface area contributed by atoms with Gasteiger partial charge in [-0.2, -0.15) is 0 Å². The Bertz CT molecular complexity index is 427. The minimum absolute atomic E-state index is 0.619. The normalized spacial score (nSPS) is 25.0. The summed E-state index contributed by atoms with van der Waals surface area (Å²) in [7, 11) is 1.69. The van der Waals surface area contributed by atoms with Gasteiger partial charge in [0.2, 0.25) is 5.88 Å². The first-order chi connectivity index (χ1) is 9.34. The Morgan fingerprint density at radius 1 is 1.32 bits per heavy atom. The van der Waals surface area contributed by atoms with Crippen molar-refractivity contribution < 1.29 is 4.74 Å². The van der Waals surface area contributed by atoms with Gasteiger partial charge in [-0.1, -0.05) is 25.3 Å². The minimum atomic E-state index is 0.619. The molecular formula is C16H24N2O. The molecule has 0 saturated heterocycles. The Morgan fingerprint density at radius 3 is 2.84 bits per heavy atom. The second kappa shape index (κ2) is 5.49. The molecule has 1 heterocycles. The van der Waals surface area contributed by atoms with E-state index in [1.165, 1.54) is 50.5 Å². The number of nitrogens with zero attached hydrogens (tertiary/aromatic N) is 1. The summed E-state index contributed by atoms with van der Waals surface area (Å²) in [5.74, 6) is 0.756. The summed E-state index contributed by atoms with van der Waals surface area (Å²) in [6.07, 6.45) is 11.7. The molecule has 2 aliphatic rings. The van der Waals surface area contributed by atoms with Crippen LogP contribution in [0.15, 0.2) is 18.3 Å². The van der Waals surface area contributed by atoms with Gasteiger partial charge in [0, 0.05) is 24.3 Å². The first-order valence-corrected chi connectivity index (χ1v) is 7.55. The van der Waals surface area contributed by atoms with Gasteiger partial charge >= 0.3 is 0 Å². The van der Waals surface area contributed by atoms with Gasteiger partial charge < -0.3 is 10.1 Å². The van der Waals surface area contributed by atoms with Gasteiger partial charge in [-0.25, -0.2) is 4.98 Å². The molecule has 104 valence electrons. The topological polar surface area (TPSA) is 34.1 Å². The summed E-state index contributed by atoms with van der Waals surface area (Å²) in [4.78, 5) is 4.26. The largest absolute Gasteiger partial charge is 0.481 e. The van der Waals surface area contributed by atoms with E-state index in [0.29, 0.717) is 11.5 Å². The Kier molecular flexibility index (Phi) is 3.74. The quantitative estimate of drug-likeness (QED) is 0.902. The molecule has 1 aromatic rings. The SMILES string of the molecule is COc1ncccc1CNC1CCC12CCCCC2. The molecule has 3 rings (SSSR count). The Hall–Kier alpha value is -1.09. The summed E-state index contributed by atoms with van der Waals surface area (Å²) in [6, 6.07) is 4.79.